The number of hydrogen-bond donors (Lipinski definition) is 2. The Morgan fingerprint density at radius 2 is 2.21 bits per heavy atom. The van der Waals surface area contributed by atoms with Crippen molar-refractivity contribution in [3.63, 3.8) is 0 Å². The minimum absolute atomic E-state index is 0. The van der Waals surface area contributed by atoms with Gasteiger partial charge in [-0.2, -0.15) is 0 Å². The highest BCUT2D eigenvalue weighted by Crippen LogP contribution is 2.10. The number of halogens is 1. The Morgan fingerprint density at radius 3 is 2.74 bits per heavy atom. The monoisotopic (exact) mass is 305 g/mol. The average molecular weight is 306 g/mol. The lowest BCUT2D eigenvalue weighted by Gasteiger charge is -2.17. The van der Waals surface area contributed by atoms with Crippen molar-refractivity contribution in [3.8, 4) is 0 Å². The molecular weight excluding hydrogens is 282 g/mol. The van der Waals surface area contributed by atoms with Gasteiger partial charge < -0.3 is 11.1 Å². The van der Waals surface area contributed by atoms with Gasteiger partial charge in [0, 0.05) is 18.3 Å². The number of carbonyl (C=O) groups excluding carboxylic acids is 1. The van der Waals surface area contributed by atoms with E-state index < -0.39 is 6.04 Å². The van der Waals surface area contributed by atoms with Crippen molar-refractivity contribution >= 4 is 29.7 Å². The zero-order valence-corrected chi connectivity index (χ0v) is 13.4. The lowest BCUT2D eigenvalue weighted by atomic mass is 9.99. The molecule has 1 heterocycles. The molecule has 0 fully saturated rings. The van der Waals surface area contributed by atoms with E-state index in [9.17, 15) is 4.79 Å². The molecule has 0 aliphatic rings. The standard InChI is InChI=1S/C13H23N3OS.ClH/c1-4-9(3)12(14)13(17)15-7-6-10-8-18-11(5-2)16-10;/h8-9,12H,4-7,14H2,1-3H3,(H,15,17);1H. The molecule has 0 radical (unpaired) electrons. The molecule has 0 aromatic carbocycles. The predicted molar refractivity (Wildman–Crippen MR) is 82.9 cm³/mol. The van der Waals surface area contributed by atoms with E-state index in [0.29, 0.717) is 6.54 Å². The number of nitrogens with one attached hydrogen (secondary N) is 1. The fraction of sp³-hybridized carbons (Fsp3) is 0.692. The van der Waals surface area contributed by atoms with Crippen molar-refractivity contribution in [3.05, 3.63) is 16.1 Å². The summed E-state index contributed by atoms with van der Waals surface area (Å²) in [6.45, 7) is 6.74. The van der Waals surface area contributed by atoms with E-state index in [1.54, 1.807) is 11.3 Å². The molecule has 0 bridgehead atoms. The topological polar surface area (TPSA) is 68.0 Å². The third kappa shape index (κ3) is 5.89. The van der Waals surface area contributed by atoms with Gasteiger partial charge in [0.25, 0.3) is 0 Å². The molecule has 0 spiro atoms. The van der Waals surface area contributed by atoms with Gasteiger partial charge in [0.2, 0.25) is 5.91 Å². The molecule has 2 unspecified atom stereocenters. The second-order valence-corrected chi connectivity index (χ2v) is 5.48. The highest BCUT2D eigenvalue weighted by Gasteiger charge is 2.18. The summed E-state index contributed by atoms with van der Waals surface area (Å²) in [6, 6.07) is -0.406. The van der Waals surface area contributed by atoms with Crippen LogP contribution in [-0.2, 0) is 17.6 Å². The van der Waals surface area contributed by atoms with Crippen LogP contribution in [-0.4, -0.2) is 23.5 Å². The van der Waals surface area contributed by atoms with Gasteiger partial charge in [0.15, 0.2) is 0 Å². The first-order chi connectivity index (χ1) is 8.58. The molecule has 3 N–H and O–H groups in total. The molecule has 1 rings (SSSR count). The molecule has 2 atom stereocenters. The van der Waals surface area contributed by atoms with E-state index in [1.807, 2.05) is 13.8 Å². The summed E-state index contributed by atoms with van der Waals surface area (Å²) >= 11 is 1.67. The third-order valence-electron chi connectivity index (χ3n) is 3.14. The van der Waals surface area contributed by atoms with Crippen LogP contribution in [0, 0.1) is 5.92 Å². The van der Waals surface area contributed by atoms with Crippen molar-refractivity contribution in [2.45, 2.75) is 46.1 Å². The molecule has 0 aliphatic carbocycles. The molecule has 110 valence electrons. The second-order valence-electron chi connectivity index (χ2n) is 4.54. The Balaban J connectivity index is 0.00000324. The first-order valence-electron chi connectivity index (χ1n) is 6.55. The number of hydrogen-bond acceptors (Lipinski definition) is 4. The highest BCUT2D eigenvalue weighted by atomic mass is 35.5. The third-order valence-corrected chi connectivity index (χ3v) is 4.18. The van der Waals surface area contributed by atoms with Crippen molar-refractivity contribution in [2.24, 2.45) is 11.7 Å². The van der Waals surface area contributed by atoms with E-state index in [4.69, 9.17) is 5.73 Å². The summed E-state index contributed by atoms with van der Waals surface area (Å²) < 4.78 is 0. The quantitative estimate of drug-likeness (QED) is 0.811. The first kappa shape index (κ1) is 18.4. The molecule has 0 aliphatic heterocycles. The summed E-state index contributed by atoms with van der Waals surface area (Å²) in [5.41, 5.74) is 6.90. The van der Waals surface area contributed by atoms with Gasteiger partial charge in [-0.05, 0) is 12.3 Å². The van der Waals surface area contributed by atoms with Gasteiger partial charge in [-0.1, -0.05) is 27.2 Å². The number of carbonyl (C=O) groups is 1. The summed E-state index contributed by atoms with van der Waals surface area (Å²) in [6.07, 6.45) is 2.66. The van der Waals surface area contributed by atoms with Crippen molar-refractivity contribution in [1.82, 2.24) is 10.3 Å². The van der Waals surface area contributed by atoms with E-state index in [0.717, 1.165) is 30.0 Å². The van der Waals surface area contributed by atoms with Crippen molar-refractivity contribution in [2.75, 3.05) is 6.54 Å². The molecule has 1 aromatic rings. The van der Waals surface area contributed by atoms with Crippen LogP contribution >= 0.6 is 23.7 Å². The van der Waals surface area contributed by atoms with Gasteiger partial charge >= 0.3 is 0 Å². The molecule has 0 saturated carbocycles. The minimum Gasteiger partial charge on any atom is -0.354 e. The largest absolute Gasteiger partial charge is 0.354 e. The van der Waals surface area contributed by atoms with Gasteiger partial charge in [-0.3, -0.25) is 4.79 Å². The van der Waals surface area contributed by atoms with Crippen LogP contribution in [0.1, 0.15) is 37.9 Å². The van der Waals surface area contributed by atoms with Crippen LogP contribution in [0.15, 0.2) is 5.38 Å². The maximum Gasteiger partial charge on any atom is 0.237 e. The number of aryl methyl sites for hydroxylation is 1. The summed E-state index contributed by atoms with van der Waals surface area (Å²) in [5.74, 6) is 0.159. The van der Waals surface area contributed by atoms with Crippen molar-refractivity contribution in [1.29, 1.82) is 0 Å². The maximum atomic E-state index is 11.7. The Kier molecular flexibility index (Phi) is 8.97. The zero-order valence-electron chi connectivity index (χ0n) is 11.8. The smallest absolute Gasteiger partial charge is 0.237 e. The van der Waals surface area contributed by atoms with Crippen LogP contribution in [0.3, 0.4) is 0 Å². The van der Waals surface area contributed by atoms with E-state index >= 15 is 0 Å². The molecular formula is C13H24ClN3OS. The summed E-state index contributed by atoms with van der Waals surface area (Å²) in [5, 5.41) is 6.08. The van der Waals surface area contributed by atoms with Gasteiger partial charge in [0.1, 0.15) is 0 Å². The first-order valence-corrected chi connectivity index (χ1v) is 7.43. The molecule has 6 heteroatoms. The lowest BCUT2D eigenvalue weighted by Crippen LogP contribution is -2.45. The van der Waals surface area contributed by atoms with E-state index in [-0.39, 0.29) is 24.2 Å². The fourth-order valence-electron chi connectivity index (χ4n) is 1.57. The van der Waals surface area contributed by atoms with Crippen LogP contribution in [0.4, 0.5) is 0 Å². The van der Waals surface area contributed by atoms with Crippen LogP contribution in [0.25, 0.3) is 0 Å². The van der Waals surface area contributed by atoms with Gasteiger partial charge in [-0.25, -0.2) is 4.98 Å². The Hall–Kier alpha value is -0.650. The average Bonchev–Trinajstić information content (AvgIpc) is 2.84. The lowest BCUT2D eigenvalue weighted by molar-refractivity contribution is -0.123. The number of rotatable bonds is 7. The second kappa shape index (κ2) is 9.28. The van der Waals surface area contributed by atoms with Crippen molar-refractivity contribution < 1.29 is 4.79 Å². The summed E-state index contributed by atoms with van der Waals surface area (Å²) in [7, 11) is 0. The molecule has 1 amide bonds. The van der Waals surface area contributed by atoms with Gasteiger partial charge in [-0.15, -0.1) is 23.7 Å². The zero-order chi connectivity index (χ0) is 13.5. The predicted octanol–water partition coefficient (Wildman–Crippen LogP) is 2.16. The van der Waals surface area contributed by atoms with E-state index in [2.05, 4.69) is 22.6 Å². The normalized spacial score (nSPS) is 13.5. The fourth-order valence-corrected chi connectivity index (χ4v) is 2.35. The Bertz CT molecular complexity index is 384. The molecule has 0 saturated heterocycles. The SMILES string of the molecule is CCc1nc(CCNC(=O)C(N)C(C)CC)cs1.Cl. The molecule has 19 heavy (non-hydrogen) atoms. The van der Waals surface area contributed by atoms with Crippen LogP contribution in [0.2, 0.25) is 0 Å². The number of nitrogens with zero attached hydrogens (tertiary/aromatic N) is 1. The maximum absolute atomic E-state index is 11.7. The van der Waals surface area contributed by atoms with Gasteiger partial charge in [0.05, 0.1) is 16.7 Å². The summed E-state index contributed by atoms with van der Waals surface area (Å²) in [4.78, 5) is 16.2. The number of nitrogens with two attached hydrogens (primary N) is 1. The van der Waals surface area contributed by atoms with E-state index in [1.165, 1.54) is 0 Å². The number of aromatic nitrogens is 1. The molecule has 4 nitrogen and oxygen atoms in total. The Labute approximate surface area is 125 Å². The number of thiazole rings is 1. The van der Waals surface area contributed by atoms with Crippen LogP contribution < -0.4 is 11.1 Å². The minimum atomic E-state index is -0.406. The van der Waals surface area contributed by atoms with Crippen LogP contribution in [0.5, 0.6) is 0 Å². The highest BCUT2D eigenvalue weighted by molar-refractivity contribution is 7.09. The Morgan fingerprint density at radius 1 is 1.53 bits per heavy atom. The molecule has 1 aromatic heterocycles. The number of amides is 1.